The molecule has 3 rings (SSSR count). The van der Waals surface area contributed by atoms with Crippen LogP contribution in [0.5, 0.6) is 0 Å². The standard InChI is InChI=1S/C14H11NO/c1-10-8-11-4-2-3-5-12(11)9-13(10)14-15-6-7-16-14/h2-9H,1H3. The molecule has 2 heteroatoms. The molecule has 0 saturated carbocycles. The van der Waals surface area contributed by atoms with Gasteiger partial charge < -0.3 is 4.42 Å². The first-order chi connectivity index (χ1) is 7.84. The van der Waals surface area contributed by atoms with Gasteiger partial charge in [0, 0.05) is 5.56 Å². The van der Waals surface area contributed by atoms with E-state index < -0.39 is 0 Å². The normalized spacial score (nSPS) is 10.8. The molecule has 0 atom stereocenters. The summed E-state index contributed by atoms with van der Waals surface area (Å²) in [5.41, 5.74) is 2.24. The smallest absolute Gasteiger partial charge is 0.226 e. The number of rotatable bonds is 1. The molecule has 0 aliphatic carbocycles. The Morgan fingerprint density at radius 3 is 2.50 bits per heavy atom. The Morgan fingerprint density at radius 1 is 1.06 bits per heavy atom. The van der Waals surface area contributed by atoms with Crippen molar-refractivity contribution in [1.82, 2.24) is 4.98 Å². The first kappa shape index (κ1) is 9.16. The lowest BCUT2D eigenvalue weighted by Gasteiger charge is -2.04. The van der Waals surface area contributed by atoms with Crippen molar-refractivity contribution >= 4 is 10.8 Å². The number of hydrogen-bond donors (Lipinski definition) is 0. The van der Waals surface area contributed by atoms with Gasteiger partial charge >= 0.3 is 0 Å². The summed E-state index contributed by atoms with van der Waals surface area (Å²) in [5.74, 6) is 0.684. The number of aryl methyl sites for hydroxylation is 1. The van der Waals surface area contributed by atoms with E-state index in [-0.39, 0.29) is 0 Å². The SMILES string of the molecule is Cc1cc2ccccc2cc1-c1ncco1. The van der Waals surface area contributed by atoms with Crippen molar-refractivity contribution in [3.05, 3.63) is 54.4 Å². The van der Waals surface area contributed by atoms with Crippen LogP contribution >= 0.6 is 0 Å². The highest BCUT2D eigenvalue weighted by atomic mass is 16.3. The first-order valence-electron chi connectivity index (χ1n) is 5.24. The third-order valence-corrected chi connectivity index (χ3v) is 2.76. The minimum absolute atomic E-state index is 0.684. The molecule has 0 N–H and O–H groups in total. The quantitative estimate of drug-likeness (QED) is 0.609. The molecule has 2 aromatic carbocycles. The van der Waals surface area contributed by atoms with Gasteiger partial charge in [-0.2, -0.15) is 0 Å². The fraction of sp³-hybridized carbons (Fsp3) is 0.0714. The Hall–Kier alpha value is -2.09. The molecule has 0 bridgehead atoms. The van der Waals surface area contributed by atoms with Crippen molar-refractivity contribution in [2.45, 2.75) is 6.92 Å². The molecule has 0 aliphatic rings. The van der Waals surface area contributed by atoms with E-state index in [0.29, 0.717) is 5.89 Å². The lowest BCUT2D eigenvalue weighted by atomic mass is 10.0. The van der Waals surface area contributed by atoms with Gasteiger partial charge in [0.15, 0.2) is 0 Å². The van der Waals surface area contributed by atoms with Crippen molar-refractivity contribution in [1.29, 1.82) is 0 Å². The summed E-state index contributed by atoms with van der Waals surface area (Å²) in [6.07, 6.45) is 3.27. The summed E-state index contributed by atoms with van der Waals surface area (Å²) in [6, 6.07) is 12.6. The molecule has 78 valence electrons. The van der Waals surface area contributed by atoms with Crippen molar-refractivity contribution in [3.8, 4) is 11.5 Å². The molecule has 2 nitrogen and oxygen atoms in total. The van der Waals surface area contributed by atoms with Crippen LogP contribution in [-0.2, 0) is 0 Å². The maximum absolute atomic E-state index is 5.34. The topological polar surface area (TPSA) is 26.0 Å². The van der Waals surface area contributed by atoms with Crippen LogP contribution in [0.4, 0.5) is 0 Å². The molecule has 0 saturated heterocycles. The van der Waals surface area contributed by atoms with Gasteiger partial charge in [0.2, 0.25) is 5.89 Å². The Morgan fingerprint density at radius 2 is 1.81 bits per heavy atom. The number of aromatic nitrogens is 1. The van der Waals surface area contributed by atoms with Crippen LogP contribution in [0.2, 0.25) is 0 Å². The molecule has 0 unspecified atom stereocenters. The van der Waals surface area contributed by atoms with Gasteiger partial charge in [-0.3, -0.25) is 0 Å². The number of hydrogen-bond acceptors (Lipinski definition) is 2. The third kappa shape index (κ3) is 1.39. The molecule has 0 fully saturated rings. The number of benzene rings is 2. The van der Waals surface area contributed by atoms with Crippen LogP contribution in [0.1, 0.15) is 5.56 Å². The van der Waals surface area contributed by atoms with Crippen LogP contribution in [0.25, 0.3) is 22.2 Å². The molecule has 1 heterocycles. The van der Waals surface area contributed by atoms with Crippen LogP contribution in [0, 0.1) is 6.92 Å². The number of nitrogens with zero attached hydrogens (tertiary/aromatic N) is 1. The van der Waals surface area contributed by atoms with Crippen molar-refractivity contribution in [2.75, 3.05) is 0 Å². The highest BCUT2D eigenvalue weighted by Crippen LogP contribution is 2.26. The number of fused-ring (bicyclic) bond motifs is 1. The zero-order valence-corrected chi connectivity index (χ0v) is 8.97. The predicted molar refractivity (Wildman–Crippen MR) is 64.2 cm³/mol. The van der Waals surface area contributed by atoms with E-state index in [1.165, 1.54) is 16.3 Å². The zero-order valence-electron chi connectivity index (χ0n) is 8.97. The van der Waals surface area contributed by atoms with Crippen LogP contribution in [-0.4, -0.2) is 4.98 Å². The van der Waals surface area contributed by atoms with E-state index >= 15 is 0 Å². The summed E-state index contributed by atoms with van der Waals surface area (Å²) in [6.45, 7) is 2.08. The van der Waals surface area contributed by atoms with E-state index in [9.17, 15) is 0 Å². The minimum Gasteiger partial charge on any atom is -0.445 e. The average molecular weight is 209 g/mol. The summed E-state index contributed by atoms with van der Waals surface area (Å²) in [4.78, 5) is 4.19. The average Bonchev–Trinajstić information content (AvgIpc) is 2.81. The monoisotopic (exact) mass is 209 g/mol. The van der Waals surface area contributed by atoms with Crippen LogP contribution in [0.3, 0.4) is 0 Å². The summed E-state index contributed by atoms with van der Waals surface area (Å²) in [5, 5.41) is 2.46. The van der Waals surface area contributed by atoms with E-state index in [1.54, 1.807) is 12.5 Å². The van der Waals surface area contributed by atoms with Gasteiger partial charge in [0.05, 0.1) is 6.20 Å². The molecule has 1 aromatic heterocycles. The minimum atomic E-state index is 0.684. The lowest BCUT2D eigenvalue weighted by Crippen LogP contribution is -1.84. The van der Waals surface area contributed by atoms with Gasteiger partial charge in [-0.05, 0) is 29.3 Å². The Balaban J connectivity index is 2.30. The Kier molecular flexibility index (Phi) is 2.00. The molecule has 3 aromatic rings. The van der Waals surface area contributed by atoms with E-state index in [4.69, 9.17) is 4.42 Å². The lowest BCUT2D eigenvalue weighted by molar-refractivity contribution is 0.574. The predicted octanol–water partition coefficient (Wildman–Crippen LogP) is 3.80. The molecule has 16 heavy (non-hydrogen) atoms. The zero-order chi connectivity index (χ0) is 11.0. The highest BCUT2D eigenvalue weighted by Gasteiger charge is 2.07. The summed E-state index contributed by atoms with van der Waals surface area (Å²) < 4.78 is 5.34. The largest absolute Gasteiger partial charge is 0.445 e. The fourth-order valence-electron chi connectivity index (χ4n) is 1.94. The fourth-order valence-corrected chi connectivity index (χ4v) is 1.94. The molecule has 0 spiro atoms. The Bertz CT molecular complexity index is 626. The summed E-state index contributed by atoms with van der Waals surface area (Å²) >= 11 is 0. The number of oxazole rings is 1. The van der Waals surface area contributed by atoms with Crippen molar-refractivity contribution < 1.29 is 4.42 Å². The van der Waals surface area contributed by atoms with E-state index in [1.807, 2.05) is 12.1 Å². The van der Waals surface area contributed by atoms with Crippen molar-refractivity contribution in [3.63, 3.8) is 0 Å². The maximum Gasteiger partial charge on any atom is 0.226 e. The van der Waals surface area contributed by atoms with Gasteiger partial charge in [-0.15, -0.1) is 0 Å². The maximum atomic E-state index is 5.34. The Labute approximate surface area is 93.5 Å². The molecular weight excluding hydrogens is 198 g/mol. The molecule has 0 aliphatic heterocycles. The van der Waals surface area contributed by atoms with Crippen LogP contribution < -0.4 is 0 Å². The molecular formula is C14H11NO. The van der Waals surface area contributed by atoms with Gasteiger partial charge in [-0.1, -0.05) is 30.3 Å². The van der Waals surface area contributed by atoms with Gasteiger partial charge in [0.1, 0.15) is 6.26 Å². The highest BCUT2D eigenvalue weighted by molar-refractivity contribution is 5.87. The summed E-state index contributed by atoms with van der Waals surface area (Å²) in [7, 11) is 0. The second-order valence-corrected chi connectivity index (χ2v) is 3.85. The van der Waals surface area contributed by atoms with Crippen LogP contribution in [0.15, 0.2) is 53.3 Å². The molecule has 0 radical (unpaired) electrons. The van der Waals surface area contributed by atoms with Gasteiger partial charge in [-0.25, -0.2) is 4.98 Å². The van der Waals surface area contributed by atoms with Crippen molar-refractivity contribution in [2.24, 2.45) is 0 Å². The second-order valence-electron chi connectivity index (χ2n) is 3.85. The second kappa shape index (κ2) is 3.49. The third-order valence-electron chi connectivity index (χ3n) is 2.76. The van der Waals surface area contributed by atoms with Gasteiger partial charge in [0.25, 0.3) is 0 Å². The van der Waals surface area contributed by atoms with E-state index in [0.717, 1.165) is 5.56 Å². The molecule has 0 amide bonds. The first-order valence-corrected chi connectivity index (χ1v) is 5.24. The van der Waals surface area contributed by atoms with E-state index in [2.05, 4.69) is 36.2 Å².